The van der Waals surface area contributed by atoms with Crippen LogP contribution in [0.4, 0.5) is 0 Å². The van der Waals surface area contributed by atoms with Crippen LogP contribution >= 0.6 is 0 Å². The van der Waals surface area contributed by atoms with Crippen LogP contribution in [-0.2, 0) is 17.9 Å². The Balaban J connectivity index is 1.36. The zero-order valence-electron chi connectivity index (χ0n) is 14.5. The first kappa shape index (κ1) is 16.9. The predicted octanol–water partition coefficient (Wildman–Crippen LogP) is 1.38. The molecule has 1 N–H and O–H groups in total. The molecule has 1 aromatic heterocycles. The minimum absolute atomic E-state index is 0.0692. The molecule has 1 atom stereocenters. The molecule has 0 radical (unpaired) electrons. The van der Waals surface area contributed by atoms with Crippen LogP contribution in [-0.4, -0.2) is 49.8 Å². The van der Waals surface area contributed by atoms with Crippen molar-refractivity contribution >= 4 is 11.7 Å². The lowest BCUT2D eigenvalue weighted by atomic mass is 9.94. The first-order chi connectivity index (χ1) is 12.7. The number of Topliss-reactive ketones (excluding diaryl/α,β-unsaturated/α-hetero) is 1. The van der Waals surface area contributed by atoms with Crippen LogP contribution in [0.1, 0.15) is 46.8 Å². The molecule has 1 fully saturated rings. The number of rotatable bonds is 4. The highest BCUT2D eigenvalue weighted by Crippen LogP contribution is 2.35. The van der Waals surface area contributed by atoms with Crippen LogP contribution in [0.25, 0.3) is 0 Å². The van der Waals surface area contributed by atoms with Crippen LogP contribution in [0.5, 0.6) is 0 Å². The molecule has 4 rings (SSSR count). The second-order valence-corrected chi connectivity index (χ2v) is 7.13. The molecule has 2 aliphatic rings. The number of ketones is 1. The molecular formula is C19H22N4O3. The lowest BCUT2D eigenvalue weighted by Crippen LogP contribution is -2.41. The molecule has 136 valence electrons. The fourth-order valence-electron chi connectivity index (χ4n) is 4.00. The van der Waals surface area contributed by atoms with Gasteiger partial charge < -0.3 is 10.0 Å². The molecule has 2 heterocycles. The third kappa shape index (κ3) is 3.14. The Labute approximate surface area is 151 Å². The Morgan fingerprint density at radius 1 is 1.23 bits per heavy atom. The fraction of sp³-hybridized carbons (Fsp3) is 0.474. The Morgan fingerprint density at radius 3 is 2.73 bits per heavy atom. The van der Waals surface area contributed by atoms with E-state index in [4.69, 9.17) is 5.11 Å². The highest BCUT2D eigenvalue weighted by Gasteiger charge is 2.37. The minimum atomic E-state index is -0.322. The van der Waals surface area contributed by atoms with Gasteiger partial charge in [-0.1, -0.05) is 29.5 Å². The van der Waals surface area contributed by atoms with Crippen molar-refractivity contribution in [1.82, 2.24) is 19.9 Å². The summed E-state index contributed by atoms with van der Waals surface area (Å²) in [6.45, 7) is 2.06. The monoisotopic (exact) mass is 354 g/mol. The van der Waals surface area contributed by atoms with Crippen molar-refractivity contribution < 1.29 is 14.7 Å². The van der Waals surface area contributed by atoms with Crippen LogP contribution in [0.3, 0.4) is 0 Å². The number of hydrogen-bond acceptors (Lipinski definition) is 5. The number of carbonyl (C=O) groups is 2. The number of benzene rings is 1. The molecule has 0 saturated carbocycles. The van der Waals surface area contributed by atoms with Gasteiger partial charge in [0.25, 0.3) is 0 Å². The summed E-state index contributed by atoms with van der Waals surface area (Å²) in [7, 11) is 0. The molecule has 0 bridgehead atoms. The summed E-state index contributed by atoms with van der Waals surface area (Å²) in [5.41, 5.74) is 2.15. The molecule has 0 spiro atoms. The zero-order chi connectivity index (χ0) is 18.1. The third-order valence-corrected chi connectivity index (χ3v) is 5.44. The molecule has 1 aromatic carbocycles. The maximum atomic E-state index is 12.9. The molecule has 1 aliphatic carbocycles. The average Bonchev–Trinajstić information content (AvgIpc) is 3.26. The van der Waals surface area contributed by atoms with Gasteiger partial charge in [-0.05, 0) is 24.3 Å². The van der Waals surface area contributed by atoms with E-state index < -0.39 is 0 Å². The van der Waals surface area contributed by atoms with Crippen molar-refractivity contribution in [3.63, 3.8) is 0 Å². The van der Waals surface area contributed by atoms with Gasteiger partial charge in [-0.15, -0.1) is 5.10 Å². The molecular weight excluding hydrogens is 332 g/mol. The molecule has 2 aromatic rings. The Hall–Kier alpha value is -2.54. The molecule has 1 unspecified atom stereocenters. The van der Waals surface area contributed by atoms with Crippen LogP contribution in [0.2, 0.25) is 0 Å². The number of aromatic nitrogens is 3. The van der Waals surface area contributed by atoms with E-state index in [2.05, 4.69) is 10.3 Å². The lowest BCUT2D eigenvalue weighted by molar-refractivity contribution is -0.134. The Bertz CT molecular complexity index is 824. The summed E-state index contributed by atoms with van der Waals surface area (Å²) in [6.07, 6.45) is 3.87. The third-order valence-electron chi connectivity index (χ3n) is 5.44. The van der Waals surface area contributed by atoms with Gasteiger partial charge >= 0.3 is 0 Å². The quantitative estimate of drug-likeness (QED) is 0.896. The molecule has 7 nitrogen and oxygen atoms in total. The van der Waals surface area contributed by atoms with E-state index in [-0.39, 0.29) is 24.2 Å². The molecule has 1 amide bonds. The van der Waals surface area contributed by atoms with E-state index in [9.17, 15) is 9.59 Å². The van der Waals surface area contributed by atoms with Crippen LogP contribution in [0, 0.1) is 5.92 Å². The van der Waals surface area contributed by atoms with E-state index in [1.54, 1.807) is 10.9 Å². The van der Waals surface area contributed by atoms with Gasteiger partial charge in [0.05, 0.1) is 18.7 Å². The predicted molar refractivity (Wildman–Crippen MR) is 93.4 cm³/mol. The number of likely N-dealkylation sites (tertiary alicyclic amines) is 1. The highest BCUT2D eigenvalue weighted by atomic mass is 16.3. The number of carbonyl (C=O) groups excluding carboxylic acids is 2. The minimum Gasteiger partial charge on any atom is -0.390 e. The number of hydrogen-bond donors (Lipinski definition) is 1. The number of aliphatic hydroxyl groups is 1. The van der Waals surface area contributed by atoms with Gasteiger partial charge in [-0.3, -0.25) is 14.3 Å². The van der Waals surface area contributed by atoms with Gasteiger partial charge in [0.15, 0.2) is 5.78 Å². The van der Waals surface area contributed by atoms with Crippen molar-refractivity contribution in [3.05, 3.63) is 47.3 Å². The maximum absolute atomic E-state index is 12.9. The number of amides is 1. The van der Waals surface area contributed by atoms with E-state index in [1.807, 2.05) is 29.2 Å². The van der Waals surface area contributed by atoms with Crippen molar-refractivity contribution in [3.8, 4) is 0 Å². The van der Waals surface area contributed by atoms with Crippen molar-refractivity contribution in [2.75, 3.05) is 13.1 Å². The number of aliphatic hydroxyl groups excluding tert-OH is 1. The topological polar surface area (TPSA) is 88.3 Å². The van der Waals surface area contributed by atoms with Gasteiger partial charge in [0, 0.05) is 31.6 Å². The summed E-state index contributed by atoms with van der Waals surface area (Å²) in [5, 5.41) is 17.0. The zero-order valence-corrected chi connectivity index (χ0v) is 14.5. The normalized spacial score (nSPS) is 20.4. The standard InChI is InChI=1S/C19H22N4O3/c24-12-14-11-23(21-20-14)10-13-5-7-22(8-6-13)19(26)17-9-18(25)16-4-2-1-3-15(16)17/h1-4,11,13,17,24H,5-10,12H2. The lowest BCUT2D eigenvalue weighted by Gasteiger charge is -2.33. The fourth-order valence-corrected chi connectivity index (χ4v) is 4.00. The number of fused-ring (bicyclic) bond motifs is 1. The number of piperidine rings is 1. The van der Waals surface area contributed by atoms with E-state index in [0.29, 0.717) is 36.7 Å². The summed E-state index contributed by atoms with van der Waals surface area (Å²) in [6, 6.07) is 7.46. The SMILES string of the molecule is O=C1CC(C(=O)N2CCC(Cn3cc(CO)nn3)CC2)c2ccccc21. The first-order valence-corrected chi connectivity index (χ1v) is 9.06. The summed E-state index contributed by atoms with van der Waals surface area (Å²) in [4.78, 5) is 27.0. The second kappa shape index (κ2) is 6.99. The Kier molecular flexibility index (Phi) is 4.55. The maximum Gasteiger partial charge on any atom is 0.230 e. The summed E-state index contributed by atoms with van der Waals surface area (Å²) in [5.74, 6) is 0.257. The second-order valence-electron chi connectivity index (χ2n) is 7.13. The Morgan fingerprint density at radius 2 is 2.00 bits per heavy atom. The first-order valence-electron chi connectivity index (χ1n) is 9.06. The van der Waals surface area contributed by atoms with Crippen LogP contribution in [0.15, 0.2) is 30.5 Å². The average molecular weight is 354 g/mol. The van der Waals surface area contributed by atoms with E-state index in [1.165, 1.54) is 0 Å². The largest absolute Gasteiger partial charge is 0.390 e. The van der Waals surface area contributed by atoms with Crippen molar-refractivity contribution in [2.24, 2.45) is 5.92 Å². The van der Waals surface area contributed by atoms with Gasteiger partial charge in [0.2, 0.25) is 5.91 Å². The van der Waals surface area contributed by atoms with Crippen molar-refractivity contribution in [2.45, 2.75) is 38.3 Å². The van der Waals surface area contributed by atoms with Crippen LogP contribution < -0.4 is 0 Å². The number of nitrogens with zero attached hydrogens (tertiary/aromatic N) is 4. The molecule has 7 heteroatoms. The molecule has 1 aliphatic heterocycles. The molecule has 1 saturated heterocycles. The van der Waals surface area contributed by atoms with Crippen molar-refractivity contribution in [1.29, 1.82) is 0 Å². The molecule has 26 heavy (non-hydrogen) atoms. The van der Waals surface area contributed by atoms with E-state index >= 15 is 0 Å². The van der Waals surface area contributed by atoms with Gasteiger partial charge in [-0.25, -0.2) is 0 Å². The van der Waals surface area contributed by atoms with Gasteiger partial charge in [-0.2, -0.15) is 0 Å². The van der Waals surface area contributed by atoms with Gasteiger partial charge in [0.1, 0.15) is 5.69 Å². The summed E-state index contributed by atoms with van der Waals surface area (Å²) >= 11 is 0. The highest BCUT2D eigenvalue weighted by molar-refractivity contribution is 6.06. The van der Waals surface area contributed by atoms with E-state index in [0.717, 1.165) is 24.9 Å². The smallest absolute Gasteiger partial charge is 0.230 e. The summed E-state index contributed by atoms with van der Waals surface area (Å²) < 4.78 is 1.76.